The summed E-state index contributed by atoms with van der Waals surface area (Å²) in [6.07, 6.45) is 2.04. The Morgan fingerprint density at radius 1 is 1.59 bits per heavy atom. The van der Waals surface area contributed by atoms with Gasteiger partial charge < -0.3 is 15.4 Å². The first-order valence-corrected chi connectivity index (χ1v) is 5.86. The molecule has 0 radical (unpaired) electrons. The van der Waals surface area contributed by atoms with Crippen molar-refractivity contribution < 1.29 is 4.74 Å². The van der Waals surface area contributed by atoms with E-state index in [0.29, 0.717) is 24.8 Å². The summed E-state index contributed by atoms with van der Waals surface area (Å²) in [6, 6.07) is 8.06. The summed E-state index contributed by atoms with van der Waals surface area (Å²) >= 11 is 0. The van der Waals surface area contributed by atoms with Crippen molar-refractivity contribution >= 4 is 5.69 Å². The number of nitrogens with two attached hydrogens (primary N) is 1. The number of rotatable bonds is 3. The molecule has 0 aliphatic carbocycles. The van der Waals surface area contributed by atoms with E-state index >= 15 is 0 Å². The van der Waals surface area contributed by atoms with Gasteiger partial charge in [-0.1, -0.05) is 0 Å². The van der Waals surface area contributed by atoms with E-state index < -0.39 is 0 Å². The highest BCUT2D eigenvalue weighted by atomic mass is 16.5. The van der Waals surface area contributed by atoms with Gasteiger partial charge in [0, 0.05) is 13.1 Å². The maximum absolute atomic E-state index is 8.84. The number of ether oxygens (including phenoxy) is 1. The monoisotopic (exact) mass is 231 g/mol. The molecule has 90 valence electrons. The Bertz CT molecular complexity index is 439. The van der Waals surface area contributed by atoms with Gasteiger partial charge in [0.1, 0.15) is 12.4 Å². The van der Waals surface area contributed by atoms with Gasteiger partial charge >= 0.3 is 0 Å². The topological polar surface area (TPSA) is 62.3 Å². The van der Waals surface area contributed by atoms with Crippen molar-refractivity contribution in [2.24, 2.45) is 5.73 Å². The van der Waals surface area contributed by atoms with Crippen LogP contribution in [0.4, 0.5) is 5.69 Å². The molecule has 4 nitrogen and oxygen atoms in total. The number of fused-ring (bicyclic) bond motifs is 1. The van der Waals surface area contributed by atoms with Gasteiger partial charge in [0.25, 0.3) is 0 Å². The average molecular weight is 231 g/mol. The van der Waals surface area contributed by atoms with Gasteiger partial charge in [-0.15, -0.1) is 0 Å². The Morgan fingerprint density at radius 3 is 3.12 bits per heavy atom. The van der Waals surface area contributed by atoms with Crippen LogP contribution in [0.15, 0.2) is 18.2 Å². The molecule has 17 heavy (non-hydrogen) atoms. The van der Waals surface area contributed by atoms with E-state index in [4.69, 9.17) is 15.7 Å². The molecule has 1 aliphatic rings. The molecule has 0 saturated heterocycles. The summed E-state index contributed by atoms with van der Waals surface area (Å²) in [5.74, 6) is 0.801. The molecule has 1 atom stereocenters. The standard InChI is InChI=1S/C13H17N3O/c1-16-11(3-2-6-14)9-17-13-7-10(8-15)4-5-12(13)16/h4-5,7,11H,2-3,6,9,14H2,1H3. The summed E-state index contributed by atoms with van der Waals surface area (Å²) < 4.78 is 5.71. The molecule has 4 heteroatoms. The molecule has 1 unspecified atom stereocenters. The molecule has 0 spiro atoms. The molecular weight excluding hydrogens is 214 g/mol. The SMILES string of the molecule is CN1c2ccc(C#N)cc2OCC1CCCN. The number of hydrogen-bond donors (Lipinski definition) is 1. The van der Waals surface area contributed by atoms with Crippen molar-refractivity contribution in [1.82, 2.24) is 0 Å². The van der Waals surface area contributed by atoms with Crippen LogP contribution in [0.2, 0.25) is 0 Å². The van der Waals surface area contributed by atoms with Crippen LogP contribution in [0.3, 0.4) is 0 Å². The Balaban J connectivity index is 2.19. The van der Waals surface area contributed by atoms with Gasteiger partial charge in [-0.05, 0) is 31.5 Å². The molecule has 0 amide bonds. The highest BCUT2D eigenvalue weighted by molar-refractivity contribution is 5.62. The van der Waals surface area contributed by atoms with Crippen LogP contribution in [0.25, 0.3) is 0 Å². The Hall–Kier alpha value is -1.73. The minimum absolute atomic E-state index is 0.374. The predicted octanol–water partition coefficient (Wildman–Crippen LogP) is 1.49. The summed E-state index contributed by atoms with van der Waals surface area (Å²) in [6.45, 7) is 1.38. The third kappa shape index (κ3) is 2.34. The number of nitrogens with zero attached hydrogens (tertiary/aromatic N) is 2. The smallest absolute Gasteiger partial charge is 0.144 e. The molecule has 1 heterocycles. The third-order valence-electron chi connectivity index (χ3n) is 3.19. The van der Waals surface area contributed by atoms with E-state index in [9.17, 15) is 0 Å². The van der Waals surface area contributed by atoms with Crippen molar-refractivity contribution in [2.45, 2.75) is 18.9 Å². The van der Waals surface area contributed by atoms with Crippen LogP contribution < -0.4 is 15.4 Å². The number of benzene rings is 1. The highest BCUT2D eigenvalue weighted by Gasteiger charge is 2.24. The van der Waals surface area contributed by atoms with E-state index in [2.05, 4.69) is 18.0 Å². The zero-order valence-electron chi connectivity index (χ0n) is 10.0. The molecule has 2 rings (SSSR count). The average Bonchev–Trinajstić information content (AvgIpc) is 2.37. The van der Waals surface area contributed by atoms with Crippen LogP contribution in [-0.4, -0.2) is 26.2 Å². The fraction of sp³-hybridized carbons (Fsp3) is 0.462. The van der Waals surface area contributed by atoms with E-state index in [1.807, 2.05) is 12.1 Å². The van der Waals surface area contributed by atoms with Gasteiger partial charge in [-0.3, -0.25) is 0 Å². The fourth-order valence-corrected chi connectivity index (χ4v) is 2.12. The van der Waals surface area contributed by atoms with Crippen LogP contribution >= 0.6 is 0 Å². The lowest BCUT2D eigenvalue weighted by atomic mass is 10.1. The third-order valence-corrected chi connectivity index (χ3v) is 3.19. The first kappa shape index (κ1) is 11.7. The lowest BCUT2D eigenvalue weighted by Crippen LogP contribution is -2.40. The van der Waals surface area contributed by atoms with Crippen molar-refractivity contribution in [3.63, 3.8) is 0 Å². The number of nitriles is 1. The Kier molecular flexibility index (Phi) is 3.50. The second kappa shape index (κ2) is 5.07. The molecule has 0 fully saturated rings. The normalized spacial score (nSPS) is 18.2. The van der Waals surface area contributed by atoms with Gasteiger partial charge in [-0.2, -0.15) is 5.26 Å². The van der Waals surface area contributed by atoms with Crippen LogP contribution in [0.5, 0.6) is 5.75 Å². The molecular formula is C13H17N3O. The molecule has 2 N–H and O–H groups in total. The van der Waals surface area contributed by atoms with Crippen molar-refractivity contribution in [3.8, 4) is 11.8 Å². The number of hydrogen-bond acceptors (Lipinski definition) is 4. The molecule has 0 saturated carbocycles. The second-order valence-electron chi connectivity index (χ2n) is 4.30. The van der Waals surface area contributed by atoms with Gasteiger partial charge in [0.15, 0.2) is 0 Å². The zero-order chi connectivity index (χ0) is 12.3. The second-order valence-corrected chi connectivity index (χ2v) is 4.30. The minimum Gasteiger partial charge on any atom is -0.489 e. The van der Waals surface area contributed by atoms with Crippen molar-refractivity contribution in [2.75, 3.05) is 25.1 Å². The van der Waals surface area contributed by atoms with E-state index in [1.54, 1.807) is 6.07 Å². The Morgan fingerprint density at radius 2 is 2.41 bits per heavy atom. The van der Waals surface area contributed by atoms with E-state index in [0.717, 1.165) is 24.3 Å². The highest BCUT2D eigenvalue weighted by Crippen LogP contribution is 2.34. The number of likely N-dealkylation sites (N-methyl/N-ethyl adjacent to an activating group) is 1. The lowest BCUT2D eigenvalue weighted by Gasteiger charge is -2.36. The first-order valence-electron chi connectivity index (χ1n) is 5.86. The zero-order valence-corrected chi connectivity index (χ0v) is 10.0. The molecule has 1 aromatic rings. The van der Waals surface area contributed by atoms with E-state index in [1.165, 1.54) is 0 Å². The first-order chi connectivity index (χ1) is 8.26. The van der Waals surface area contributed by atoms with Gasteiger partial charge in [0.2, 0.25) is 0 Å². The van der Waals surface area contributed by atoms with E-state index in [-0.39, 0.29) is 0 Å². The molecule has 0 aromatic heterocycles. The summed E-state index contributed by atoms with van der Waals surface area (Å²) in [7, 11) is 2.06. The summed E-state index contributed by atoms with van der Waals surface area (Å²) in [5.41, 5.74) is 7.22. The maximum Gasteiger partial charge on any atom is 0.144 e. The largest absolute Gasteiger partial charge is 0.489 e. The van der Waals surface area contributed by atoms with Crippen LogP contribution in [0.1, 0.15) is 18.4 Å². The summed E-state index contributed by atoms with van der Waals surface area (Å²) in [5, 5.41) is 8.84. The predicted molar refractivity (Wildman–Crippen MR) is 67.1 cm³/mol. The Labute approximate surface area is 102 Å². The maximum atomic E-state index is 8.84. The minimum atomic E-state index is 0.374. The van der Waals surface area contributed by atoms with Crippen molar-refractivity contribution in [1.29, 1.82) is 5.26 Å². The molecule has 0 bridgehead atoms. The van der Waals surface area contributed by atoms with Crippen LogP contribution in [0, 0.1) is 11.3 Å². The number of anilines is 1. The quantitative estimate of drug-likeness (QED) is 0.856. The van der Waals surface area contributed by atoms with Crippen LogP contribution in [-0.2, 0) is 0 Å². The van der Waals surface area contributed by atoms with Gasteiger partial charge in [0.05, 0.1) is 23.4 Å². The molecule has 1 aromatic carbocycles. The molecule has 1 aliphatic heterocycles. The fourth-order valence-electron chi connectivity index (χ4n) is 2.12. The lowest BCUT2D eigenvalue weighted by molar-refractivity contribution is 0.258. The van der Waals surface area contributed by atoms with Gasteiger partial charge in [-0.25, -0.2) is 0 Å². The summed E-state index contributed by atoms with van der Waals surface area (Å²) in [4.78, 5) is 2.22. The van der Waals surface area contributed by atoms with Crippen molar-refractivity contribution in [3.05, 3.63) is 23.8 Å².